The van der Waals surface area contributed by atoms with Gasteiger partial charge < -0.3 is 4.98 Å². The Labute approximate surface area is 78.0 Å². The zero-order valence-corrected chi connectivity index (χ0v) is 7.63. The minimum absolute atomic E-state index is 0.0325. The predicted molar refractivity (Wildman–Crippen MR) is 48.2 cm³/mol. The van der Waals surface area contributed by atoms with E-state index in [1.807, 2.05) is 0 Å². The van der Waals surface area contributed by atoms with Crippen LogP contribution in [0.15, 0.2) is 17.7 Å². The number of thioether (sulfide) groups is 1. The van der Waals surface area contributed by atoms with Gasteiger partial charge in [0.15, 0.2) is 15.9 Å². The molecule has 0 bridgehead atoms. The van der Waals surface area contributed by atoms with Crippen molar-refractivity contribution in [1.29, 1.82) is 0 Å². The van der Waals surface area contributed by atoms with Crippen molar-refractivity contribution in [2.75, 3.05) is 0 Å². The standard InChI is InChI=1S/C7H6N4OS/c1-4(12)13-7-8-2-5-6(11-7)10-3-9-5/h2-3H,1H3,(H,8,9,10,11). The molecule has 1 N–H and O–H groups in total. The molecule has 0 fully saturated rings. The Morgan fingerprint density at radius 2 is 2.38 bits per heavy atom. The molecule has 2 heterocycles. The number of hydrogen-bond donors (Lipinski definition) is 1. The molecular weight excluding hydrogens is 188 g/mol. The Bertz CT molecular complexity index is 452. The normalized spacial score (nSPS) is 10.5. The molecule has 0 spiro atoms. The summed E-state index contributed by atoms with van der Waals surface area (Å²) in [6, 6.07) is 0. The third kappa shape index (κ3) is 1.67. The van der Waals surface area contributed by atoms with Crippen LogP contribution in [0, 0.1) is 0 Å². The highest BCUT2D eigenvalue weighted by Gasteiger charge is 2.04. The van der Waals surface area contributed by atoms with Gasteiger partial charge in [-0.05, 0) is 11.8 Å². The van der Waals surface area contributed by atoms with Crippen molar-refractivity contribution in [2.45, 2.75) is 12.1 Å². The molecule has 0 aliphatic rings. The first-order valence-corrected chi connectivity index (χ1v) is 4.42. The van der Waals surface area contributed by atoms with E-state index >= 15 is 0 Å². The van der Waals surface area contributed by atoms with Crippen LogP contribution in [-0.4, -0.2) is 25.1 Å². The minimum atomic E-state index is -0.0325. The zero-order valence-electron chi connectivity index (χ0n) is 6.81. The number of aromatic amines is 1. The molecule has 0 amide bonds. The number of carbonyl (C=O) groups is 1. The molecule has 0 saturated heterocycles. The van der Waals surface area contributed by atoms with Gasteiger partial charge >= 0.3 is 0 Å². The highest BCUT2D eigenvalue weighted by atomic mass is 32.2. The lowest BCUT2D eigenvalue weighted by Gasteiger charge is -1.93. The number of imidazole rings is 1. The fourth-order valence-electron chi connectivity index (χ4n) is 0.898. The molecule has 0 aliphatic heterocycles. The summed E-state index contributed by atoms with van der Waals surface area (Å²) >= 11 is 1.00. The van der Waals surface area contributed by atoms with Crippen molar-refractivity contribution in [3.8, 4) is 0 Å². The first-order chi connectivity index (χ1) is 6.25. The lowest BCUT2D eigenvalue weighted by Crippen LogP contribution is -1.90. The molecule has 0 unspecified atom stereocenters. The molecule has 6 heteroatoms. The first kappa shape index (κ1) is 8.18. The number of fused-ring (bicyclic) bond motifs is 1. The van der Waals surface area contributed by atoms with E-state index in [0.29, 0.717) is 10.8 Å². The van der Waals surface area contributed by atoms with Crippen molar-refractivity contribution >= 4 is 28.0 Å². The predicted octanol–water partition coefficient (Wildman–Crippen LogP) is 0.991. The molecule has 0 aliphatic carbocycles. The van der Waals surface area contributed by atoms with Crippen molar-refractivity contribution in [1.82, 2.24) is 19.9 Å². The van der Waals surface area contributed by atoms with Gasteiger partial charge in [0.2, 0.25) is 0 Å². The molecule has 13 heavy (non-hydrogen) atoms. The van der Waals surface area contributed by atoms with Crippen LogP contribution in [0.2, 0.25) is 0 Å². The summed E-state index contributed by atoms with van der Waals surface area (Å²) in [5.74, 6) is 0. The lowest BCUT2D eigenvalue weighted by atomic mass is 10.6. The van der Waals surface area contributed by atoms with Gasteiger partial charge in [-0.15, -0.1) is 0 Å². The fraction of sp³-hybridized carbons (Fsp3) is 0.143. The van der Waals surface area contributed by atoms with Crippen LogP contribution in [0.4, 0.5) is 0 Å². The maximum absolute atomic E-state index is 10.7. The molecular formula is C7H6N4OS. The number of nitrogens with one attached hydrogen (secondary N) is 1. The number of rotatable bonds is 1. The van der Waals surface area contributed by atoms with Gasteiger partial charge in [0.05, 0.1) is 12.5 Å². The summed E-state index contributed by atoms with van der Waals surface area (Å²) in [7, 11) is 0. The molecule has 0 aromatic carbocycles. The van der Waals surface area contributed by atoms with Gasteiger partial charge in [-0.25, -0.2) is 15.0 Å². The van der Waals surface area contributed by atoms with E-state index < -0.39 is 0 Å². The highest BCUT2D eigenvalue weighted by molar-refractivity contribution is 8.13. The second-order valence-corrected chi connectivity index (χ2v) is 3.53. The van der Waals surface area contributed by atoms with Crippen molar-refractivity contribution in [2.24, 2.45) is 0 Å². The van der Waals surface area contributed by atoms with Crippen LogP contribution >= 0.6 is 11.8 Å². The smallest absolute Gasteiger partial charge is 0.197 e. The lowest BCUT2D eigenvalue weighted by molar-refractivity contribution is -0.109. The fourth-order valence-corrected chi connectivity index (χ4v) is 1.39. The van der Waals surface area contributed by atoms with E-state index in [-0.39, 0.29) is 5.12 Å². The van der Waals surface area contributed by atoms with Gasteiger partial charge in [0, 0.05) is 6.92 Å². The Morgan fingerprint density at radius 1 is 1.54 bits per heavy atom. The minimum Gasteiger partial charge on any atom is -0.342 e. The van der Waals surface area contributed by atoms with E-state index in [0.717, 1.165) is 17.3 Å². The number of carbonyl (C=O) groups excluding carboxylic acids is 1. The third-order valence-electron chi connectivity index (χ3n) is 1.39. The van der Waals surface area contributed by atoms with Crippen LogP contribution in [-0.2, 0) is 4.79 Å². The number of H-pyrrole nitrogens is 1. The summed E-state index contributed by atoms with van der Waals surface area (Å²) in [4.78, 5) is 25.6. The molecule has 0 radical (unpaired) electrons. The second-order valence-electron chi connectivity index (χ2n) is 2.39. The molecule has 5 nitrogen and oxygen atoms in total. The Morgan fingerprint density at radius 3 is 3.15 bits per heavy atom. The van der Waals surface area contributed by atoms with Crippen LogP contribution in [0.3, 0.4) is 0 Å². The topological polar surface area (TPSA) is 71.5 Å². The van der Waals surface area contributed by atoms with Crippen molar-refractivity contribution < 1.29 is 4.79 Å². The van der Waals surface area contributed by atoms with Gasteiger partial charge in [0.1, 0.15) is 5.52 Å². The summed E-state index contributed by atoms with van der Waals surface area (Å²) < 4.78 is 0. The van der Waals surface area contributed by atoms with E-state index in [9.17, 15) is 4.79 Å². The number of nitrogens with zero attached hydrogens (tertiary/aromatic N) is 3. The van der Waals surface area contributed by atoms with Crippen molar-refractivity contribution in [3.63, 3.8) is 0 Å². The summed E-state index contributed by atoms with van der Waals surface area (Å²) in [5.41, 5.74) is 1.35. The summed E-state index contributed by atoms with van der Waals surface area (Å²) in [5, 5.41) is 0.405. The molecule has 66 valence electrons. The average Bonchev–Trinajstić information content (AvgIpc) is 2.49. The van der Waals surface area contributed by atoms with Gasteiger partial charge in [-0.2, -0.15) is 0 Å². The van der Waals surface area contributed by atoms with Crippen LogP contribution in [0.5, 0.6) is 0 Å². The number of hydrogen-bond acceptors (Lipinski definition) is 5. The summed E-state index contributed by atoms with van der Waals surface area (Å²) in [6.45, 7) is 1.47. The summed E-state index contributed by atoms with van der Waals surface area (Å²) in [6.07, 6.45) is 3.15. The average molecular weight is 194 g/mol. The van der Waals surface area contributed by atoms with Crippen LogP contribution in [0.25, 0.3) is 11.2 Å². The maximum Gasteiger partial charge on any atom is 0.197 e. The first-order valence-electron chi connectivity index (χ1n) is 3.60. The SMILES string of the molecule is CC(=O)Sc1ncc2[nH]cnc2n1. The van der Waals surface area contributed by atoms with E-state index in [1.54, 1.807) is 12.5 Å². The van der Waals surface area contributed by atoms with Gasteiger partial charge in [-0.3, -0.25) is 4.79 Å². The quantitative estimate of drug-likeness (QED) is 0.541. The van der Waals surface area contributed by atoms with Gasteiger partial charge in [0.25, 0.3) is 0 Å². The molecule has 2 aromatic heterocycles. The van der Waals surface area contributed by atoms with E-state index in [4.69, 9.17) is 0 Å². The number of aromatic nitrogens is 4. The maximum atomic E-state index is 10.7. The second kappa shape index (κ2) is 3.14. The van der Waals surface area contributed by atoms with Crippen LogP contribution < -0.4 is 0 Å². The molecule has 2 rings (SSSR count). The van der Waals surface area contributed by atoms with Crippen molar-refractivity contribution in [3.05, 3.63) is 12.5 Å². The molecule has 2 aromatic rings. The molecule has 0 atom stereocenters. The third-order valence-corrected chi connectivity index (χ3v) is 2.06. The van der Waals surface area contributed by atoms with E-state index in [1.165, 1.54) is 6.92 Å². The van der Waals surface area contributed by atoms with Gasteiger partial charge in [-0.1, -0.05) is 0 Å². The largest absolute Gasteiger partial charge is 0.342 e. The van der Waals surface area contributed by atoms with Crippen LogP contribution in [0.1, 0.15) is 6.92 Å². The zero-order chi connectivity index (χ0) is 9.26. The molecule has 0 saturated carbocycles. The highest BCUT2D eigenvalue weighted by Crippen LogP contribution is 2.14. The van der Waals surface area contributed by atoms with E-state index in [2.05, 4.69) is 19.9 Å². The Kier molecular flexibility index (Phi) is 1.97. The Hall–Kier alpha value is -1.43. The monoisotopic (exact) mass is 194 g/mol. The Balaban J connectivity index is 2.42.